The molecule has 2 heterocycles. The van der Waals surface area contributed by atoms with Gasteiger partial charge in [-0.05, 0) is 47.5 Å². The van der Waals surface area contributed by atoms with Crippen molar-refractivity contribution in [2.24, 2.45) is 14.1 Å². The average Bonchev–Trinajstić information content (AvgIpc) is 2.87. The van der Waals surface area contributed by atoms with Crippen molar-refractivity contribution in [1.29, 1.82) is 0 Å². The topological polar surface area (TPSA) is 57.8 Å². The van der Waals surface area contributed by atoms with Gasteiger partial charge in [0.1, 0.15) is 14.1 Å². The Morgan fingerprint density at radius 1 is 0.622 bits per heavy atom. The number of nitrogens with one attached hydrogen (secondary N) is 2. The van der Waals surface area contributed by atoms with E-state index in [0.29, 0.717) is 0 Å². The van der Waals surface area contributed by atoms with Crippen molar-refractivity contribution in [2.75, 3.05) is 16.4 Å². The van der Waals surface area contributed by atoms with Gasteiger partial charge < -0.3 is 50.3 Å². The highest BCUT2D eigenvalue weighted by atomic mass is 79.9. The Morgan fingerprint density at radius 3 is 1.76 bits per heavy atom. The number of aryl methyl sites for hydroxylation is 2. The number of nitrogens with zero attached hydrogens (tertiary/aromatic N) is 2. The van der Waals surface area contributed by atoms with Crippen LogP contribution in [0.1, 0.15) is 11.1 Å². The van der Waals surface area contributed by atoms with E-state index in [1.54, 1.807) is 0 Å². The third-order valence-electron chi connectivity index (χ3n) is 5.99. The molecule has 0 saturated heterocycles. The first-order valence-corrected chi connectivity index (χ1v) is 11.6. The van der Waals surface area contributed by atoms with Crippen LogP contribution in [0.25, 0.3) is 23.1 Å². The van der Waals surface area contributed by atoms with Gasteiger partial charge in [0.15, 0.2) is 18.6 Å². The lowest BCUT2D eigenvalue weighted by atomic mass is 10.1. The summed E-state index contributed by atoms with van der Waals surface area (Å²) in [6, 6.07) is 29.0. The summed E-state index contributed by atoms with van der Waals surface area (Å²) in [6.07, 6.45) is 10.4. The molecule has 37 heavy (non-hydrogen) atoms. The molecule has 0 unspecified atom stereocenters. The monoisotopic (exact) mass is 617 g/mol. The number of nitrogen functional groups attached to an aromatic ring is 1. The van der Waals surface area contributed by atoms with Crippen molar-refractivity contribution >= 4 is 51.5 Å². The molecule has 0 amide bonds. The summed E-state index contributed by atoms with van der Waals surface area (Å²) in [5.74, 6) is 0. The molecule has 3 aromatic carbocycles. The fraction of sp³-hybridized carbons (Fsp3) is 0.0667. The molecule has 4 N–H and O–H groups in total. The molecular weight excluding hydrogens is 590 g/mol. The number of benzene rings is 3. The third-order valence-corrected chi connectivity index (χ3v) is 5.99. The first-order chi connectivity index (χ1) is 17.0. The molecule has 5 aromatic rings. The summed E-state index contributed by atoms with van der Waals surface area (Å²) < 4.78 is 4.11. The fourth-order valence-corrected chi connectivity index (χ4v) is 4.00. The quantitative estimate of drug-likeness (QED) is 0.140. The summed E-state index contributed by atoms with van der Waals surface area (Å²) in [7, 11) is 4.05. The zero-order valence-corrected chi connectivity index (χ0v) is 23.9. The van der Waals surface area contributed by atoms with Gasteiger partial charge in [0, 0.05) is 41.3 Å². The average molecular weight is 619 g/mol. The van der Waals surface area contributed by atoms with Crippen LogP contribution in [0.5, 0.6) is 0 Å². The Hall–Kier alpha value is -3.68. The number of nitrogens with two attached hydrogens (primary N) is 1. The molecule has 0 aliphatic heterocycles. The van der Waals surface area contributed by atoms with Crippen molar-refractivity contribution in [1.82, 2.24) is 0 Å². The molecule has 0 atom stereocenters. The number of rotatable bonds is 6. The van der Waals surface area contributed by atoms with Crippen LogP contribution in [0.15, 0.2) is 104 Å². The molecule has 0 aliphatic rings. The van der Waals surface area contributed by atoms with Crippen molar-refractivity contribution in [3.05, 3.63) is 115 Å². The molecule has 0 saturated carbocycles. The standard InChI is InChI=1S/C30H27N5.2BrH/c1-34-18-15-27(16-19-34)32-25-10-5-22(6-11-25)3-4-23-7-12-26(13-8-23)33-29-17-20-35(2)30-14-9-24(31)21-28(29)30;;/h3-21H,31H2,1-2H3;2*1H/b4-3+;;. The minimum Gasteiger partial charge on any atom is -1.00 e. The maximum Gasteiger partial charge on any atom is 0.214 e. The number of anilines is 5. The van der Waals surface area contributed by atoms with E-state index in [9.17, 15) is 0 Å². The maximum absolute atomic E-state index is 6.04. The number of hydrogen-bond acceptors (Lipinski definition) is 3. The van der Waals surface area contributed by atoms with Crippen molar-refractivity contribution in [3.8, 4) is 0 Å². The Morgan fingerprint density at radius 2 is 1.16 bits per heavy atom. The Labute approximate surface area is 238 Å². The van der Waals surface area contributed by atoms with E-state index < -0.39 is 0 Å². The fourth-order valence-electron chi connectivity index (χ4n) is 4.00. The van der Waals surface area contributed by atoms with Crippen LogP contribution in [0.4, 0.5) is 28.4 Å². The molecule has 0 bridgehead atoms. The van der Waals surface area contributed by atoms with Crippen molar-refractivity contribution in [2.45, 2.75) is 0 Å². The van der Waals surface area contributed by atoms with E-state index in [-0.39, 0.29) is 34.0 Å². The second-order valence-electron chi connectivity index (χ2n) is 8.70. The largest absolute Gasteiger partial charge is 1.00 e. The van der Waals surface area contributed by atoms with Gasteiger partial charge in [0.25, 0.3) is 0 Å². The molecular formula is C30H29Br2N5. The van der Waals surface area contributed by atoms with Crippen LogP contribution >= 0.6 is 0 Å². The summed E-state index contributed by atoms with van der Waals surface area (Å²) in [5, 5.41) is 8.05. The first kappa shape index (κ1) is 27.9. The number of fused-ring (bicyclic) bond motifs is 1. The van der Waals surface area contributed by atoms with Gasteiger partial charge in [-0.1, -0.05) is 36.4 Å². The molecule has 0 spiro atoms. The molecule has 0 aliphatic carbocycles. The number of pyridine rings is 2. The van der Waals surface area contributed by atoms with Crippen LogP contribution in [0.2, 0.25) is 0 Å². The number of aromatic nitrogens is 2. The summed E-state index contributed by atoms with van der Waals surface area (Å²) in [6.45, 7) is 0. The van der Waals surface area contributed by atoms with Gasteiger partial charge in [0.2, 0.25) is 5.52 Å². The lowest BCUT2D eigenvalue weighted by Gasteiger charge is -2.09. The lowest BCUT2D eigenvalue weighted by molar-refractivity contribution is -0.671. The van der Waals surface area contributed by atoms with Crippen LogP contribution in [0, 0.1) is 0 Å². The molecule has 2 aromatic heterocycles. The minimum absolute atomic E-state index is 0. The molecule has 5 nitrogen and oxygen atoms in total. The van der Waals surface area contributed by atoms with E-state index >= 15 is 0 Å². The van der Waals surface area contributed by atoms with Gasteiger partial charge in [-0.2, -0.15) is 0 Å². The number of halogens is 2. The Kier molecular flexibility index (Phi) is 9.44. The van der Waals surface area contributed by atoms with Crippen LogP contribution in [-0.2, 0) is 14.1 Å². The van der Waals surface area contributed by atoms with E-state index in [1.165, 1.54) is 0 Å². The first-order valence-electron chi connectivity index (χ1n) is 11.6. The van der Waals surface area contributed by atoms with Crippen molar-refractivity contribution in [3.63, 3.8) is 0 Å². The van der Waals surface area contributed by atoms with E-state index in [4.69, 9.17) is 5.73 Å². The zero-order chi connectivity index (χ0) is 24.2. The number of hydrogen-bond donors (Lipinski definition) is 3. The lowest BCUT2D eigenvalue weighted by Crippen LogP contribution is -3.00. The molecule has 5 rings (SSSR count). The molecule has 188 valence electrons. The molecule has 0 fully saturated rings. The van der Waals surface area contributed by atoms with Crippen LogP contribution < -0.4 is 59.5 Å². The second-order valence-corrected chi connectivity index (χ2v) is 8.70. The highest BCUT2D eigenvalue weighted by Crippen LogP contribution is 2.26. The van der Waals surface area contributed by atoms with Crippen molar-refractivity contribution < 1.29 is 43.1 Å². The SMILES string of the molecule is C[n+]1ccc(Nc2ccc(/C=C/c3ccc(Nc4cc[n+](C)c5ccc(N)cc45)cc3)cc2)cc1.[Br-].[Br-]. The van der Waals surface area contributed by atoms with Gasteiger partial charge in [-0.15, -0.1) is 0 Å². The third kappa shape index (κ3) is 6.96. The summed E-state index contributed by atoms with van der Waals surface area (Å²) in [5.41, 5.74) is 14.4. The highest BCUT2D eigenvalue weighted by Gasteiger charge is 2.10. The van der Waals surface area contributed by atoms with Gasteiger partial charge in [-0.3, -0.25) is 0 Å². The predicted octanol–water partition coefficient (Wildman–Crippen LogP) is -0.263. The van der Waals surface area contributed by atoms with Gasteiger partial charge >= 0.3 is 0 Å². The normalized spacial score (nSPS) is 10.5. The maximum atomic E-state index is 6.04. The van der Waals surface area contributed by atoms with Crippen LogP contribution in [-0.4, -0.2) is 0 Å². The summed E-state index contributed by atoms with van der Waals surface area (Å²) in [4.78, 5) is 0. The van der Waals surface area contributed by atoms with E-state index in [0.717, 1.165) is 50.5 Å². The van der Waals surface area contributed by atoms with Crippen LogP contribution in [0.3, 0.4) is 0 Å². The Bertz CT molecular complexity index is 1500. The minimum atomic E-state index is 0. The van der Waals surface area contributed by atoms with E-state index in [1.807, 2.05) is 49.3 Å². The predicted molar refractivity (Wildman–Crippen MR) is 146 cm³/mol. The molecule has 7 heteroatoms. The Balaban J connectivity index is 0.00000190. The molecule has 0 radical (unpaired) electrons. The summed E-state index contributed by atoms with van der Waals surface area (Å²) >= 11 is 0. The van der Waals surface area contributed by atoms with Gasteiger partial charge in [-0.25, -0.2) is 9.13 Å². The van der Waals surface area contributed by atoms with Gasteiger partial charge in [0.05, 0.1) is 16.8 Å². The van der Waals surface area contributed by atoms with E-state index in [2.05, 4.69) is 100 Å². The second kappa shape index (κ2) is 12.5. The zero-order valence-electron chi connectivity index (χ0n) is 20.7. The smallest absolute Gasteiger partial charge is 0.214 e. The highest BCUT2D eigenvalue weighted by molar-refractivity contribution is 5.93.